The van der Waals surface area contributed by atoms with Crippen LogP contribution in [0.15, 0.2) is 24.3 Å². The highest BCUT2D eigenvalue weighted by atomic mass is 16.5. The molecule has 0 aliphatic heterocycles. The van der Waals surface area contributed by atoms with Crippen LogP contribution in [-0.2, 0) is 14.3 Å². The van der Waals surface area contributed by atoms with Crippen LogP contribution in [0.5, 0.6) is 0 Å². The lowest BCUT2D eigenvalue weighted by Gasteiger charge is -2.18. The number of hydrogen-bond acceptors (Lipinski definition) is 3. The molecular weight excluding hydrogens is 270 g/mol. The third-order valence-corrected chi connectivity index (χ3v) is 3.44. The number of ether oxygens (including phenoxy) is 1. The molecule has 116 valence electrons. The summed E-state index contributed by atoms with van der Waals surface area (Å²) in [6.45, 7) is 3.99. The van der Waals surface area contributed by atoms with E-state index >= 15 is 0 Å². The summed E-state index contributed by atoms with van der Waals surface area (Å²) < 4.78 is 4.80. The van der Waals surface area contributed by atoms with Crippen molar-refractivity contribution in [2.45, 2.75) is 38.6 Å². The molecule has 5 heteroatoms. The topological polar surface area (TPSA) is 75.6 Å². The molecule has 2 atom stereocenters. The first-order valence-corrected chi connectivity index (χ1v) is 7.05. The quantitative estimate of drug-likeness (QED) is 0.769. The number of carbonyl (C=O) groups excluding carboxylic acids is 1. The minimum Gasteiger partial charge on any atom is -0.480 e. The fourth-order valence-electron chi connectivity index (χ4n) is 2.15. The van der Waals surface area contributed by atoms with E-state index in [-0.39, 0.29) is 24.9 Å². The maximum atomic E-state index is 12.0. The van der Waals surface area contributed by atoms with Crippen molar-refractivity contribution < 1.29 is 19.4 Å². The van der Waals surface area contributed by atoms with E-state index in [1.165, 1.54) is 12.7 Å². The summed E-state index contributed by atoms with van der Waals surface area (Å²) in [5, 5.41) is 11.5. The Labute approximate surface area is 125 Å². The van der Waals surface area contributed by atoms with Gasteiger partial charge in [0.1, 0.15) is 0 Å². The molecular formula is C16H23NO4. The third-order valence-electron chi connectivity index (χ3n) is 3.44. The lowest BCUT2D eigenvalue weighted by Crippen LogP contribution is -2.44. The average molecular weight is 293 g/mol. The van der Waals surface area contributed by atoms with E-state index in [1.807, 2.05) is 38.1 Å². The Morgan fingerprint density at radius 1 is 1.29 bits per heavy atom. The molecule has 21 heavy (non-hydrogen) atoms. The number of carboxylic acid groups (broad SMARTS) is 1. The Morgan fingerprint density at radius 2 is 1.90 bits per heavy atom. The summed E-state index contributed by atoms with van der Waals surface area (Å²) in [6, 6.07) is 7.06. The van der Waals surface area contributed by atoms with Crippen molar-refractivity contribution in [2.24, 2.45) is 0 Å². The summed E-state index contributed by atoms with van der Waals surface area (Å²) >= 11 is 0. The molecule has 0 aromatic heterocycles. The third kappa shape index (κ3) is 5.55. The van der Waals surface area contributed by atoms with Crippen molar-refractivity contribution in [3.8, 4) is 0 Å². The van der Waals surface area contributed by atoms with Crippen LogP contribution < -0.4 is 5.32 Å². The molecule has 2 unspecified atom stereocenters. The lowest BCUT2D eigenvalue weighted by atomic mass is 9.92. The van der Waals surface area contributed by atoms with Crippen molar-refractivity contribution in [2.75, 3.05) is 13.7 Å². The fourth-order valence-corrected chi connectivity index (χ4v) is 2.15. The Hall–Kier alpha value is -1.88. The van der Waals surface area contributed by atoms with Crippen LogP contribution in [0.1, 0.15) is 36.8 Å². The normalized spacial score (nSPS) is 13.5. The van der Waals surface area contributed by atoms with Crippen LogP contribution in [-0.4, -0.2) is 36.7 Å². The van der Waals surface area contributed by atoms with E-state index in [9.17, 15) is 9.59 Å². The number of carboxylic acids is 1. The second kappa shape index (κ2) is 8.42. The van der Waals surface area contributed by atoms with Gasteiger partial charge < -0.3 is 15.2 Å². The lowest BCUT2D eigenvalue weighted by molar-refractivity contribution is -0.143. The molecule has 1 aromatic rings. The predicted octanol–water partition coefficient (Wildman–Crippen LogP) is 2.09. The zero-order valence-electron chi connectivity index (χ0n) is 12.8. The molecule has 0 aliphatic rings. The standard InChI is InChI=1S/C16H23NO4/c1-4-12(13-7-5-11(2)6-8-13)9-15(18)17-14(10-21-3)16(19)20/h5-8,12,14H,4,9-10H2,1-3H3,(H,17,18)(H,19,20). The number of rotatable bonds is 8. The van der Waals surface area contributed by atoms with Gasteiger partial charge in [0.15, 0.2) is 6.04 Å². The molecule has 5 nitrogen and oxygen atoms in total. The van der Waals surface area contributed by atoms with Gasteiger partial charge in [0.2, 0.25) is 5.91 Å². The first-order chi connectivity index (χ1) is 9.97. The fraction of sp³-hybridized carbons (Fsp3) is 0.500. The van der Waals surface area contributed by atoms with E-state index in [0.717, 1.165) is 12.0 Å². The highest BCUT2D eigenvalue weighted by molar-refractivity contribution is 5.84. The summed E-state index contributed by atoms with van der Waals surface area (Å²) in [4.78, 5) is 23.0. The van der Waals surface area contributed by atoms with Gasteiger partial charge in [0.25, 0.3) is 0 Å². The van der Waals surface area contributed by atoms with Gasteiger partial charge in [0, 0.05) is 13.5 Å². The van der Waals surface area contributed by atoms with Crippen molar-refractivity contribution in [3.63, 3.8) is 0 Å². The molecule has 2 N–H and O–H groups in total. The van der Waals surface area contributed by atoms with Crippen molar-refractivity contribution >= 4 is 11.9 Å². The van der Waals surface area contributed by atoms with Gasteiger partial charge in [-0.3, -0.25) is 4.79 Å². The first kappa shape index (κ1) is 17.2. The summed E-state index contributed by atoms with van der Waals surface area (Å²) in [7, 11) is 1.41. The Balaban J connectivity index is 2.66. The van der Waals surface area contributed by atoms with E-state index in [2.05, 4.69) is 5.32 Å². The van der Waals surface area contributed by atoms with Crippen molar-refractivity contribution in [3.05, 3.63) is 35.4 Å². The van der Waals surface area contributed by atoms with Gasteiger partial charge in [0.05, 0.1) is 6.61 Å². The summed E-state index contributed by atoms with van der Waals surface area (Å²) in [5.74, 6) is -1.27. The molecule has 0 radical (unpaired) electrons. The van der Waals surface area contributed by atoms with Crippen LogP contribution in [0.25, 0.3) is 0 Å². The first-order valence-electron chi connectivity index (χ1n) is 7.05. The van der Waals surface area contributed by atoms with Gasteiger partial charge >= 0.3 is 5.97 Å². The molecule has 1 rings (SSSR count). The largest absolute Gasteiger partial charge is 0.480 e. The SMILES string of the molecule is CCC(CC(=O)NC(COC)C(=O)O)c1ccc(C)cc1. The van der Waals surface area contributed by atoms with E-state index in [0.29, 0.717) is 0 Å². The maximum Gasteiger partial charge on any atom is 0.328 e. The van der Waals surface area contributed by atoms with Crippen LogP contribution >= 0.6 is 0 Å². The molecule has 0 spiro atoms. The van der Waals surface area contributed by atoms with Gasteiger partial charge in [-0.1, -0.05) is 36.8 Å². The van der Waals surface area contributed by atoms with Crippen LogP contribution in [0, 0.1) is 6.92 Å². The molecule has 0 heterocycles. The van der Waals surface area contributed by atoms with E-state index in [1.54, 1.807) is 0 Å². The number of aryl methyl sites for hydroxylation is 1. The molecule has 0 bridgehead atoms. The van der Waals surface area contributed by atoms with Crippen molar-refractivity contribution in [1.29, 1.82) is 0 Å². The zero-order chi connectivity index (χ0) is 15.8. The number of hydrogen-bond donors (Lipinski definition) is 2. The number of aliphatic carboxylic acids is 1. The molecule has 1 amide bonds. The highest BCUT2D eigenvalue weighted by Gasteiger charge is 2.21. The smallest absolute Gasteiger partial charge is 0.328 e. The van der Waals surface area contributed by atoms with Gasteiger partial charge in [-0.2, -0.15) is 0 Å². The van der Waals surface area contributed by atoms with Crippen molar-refractivity contribution in [1.82, 2.24) is 5.32 Å². The summed E-state index contributed by atoms with van der Waals surface area (Å²) in [5.41, 5.74) is 2.26. The Morgan fingerprint density at radius 3 is 2.38 bits per heavy atom. The van der Waals surface area contributed by atoms with Gasteiger partial charge in [-0.15, -0.1) is 0 Å². The van der Waals surface area contributed by atoms with Gasteiger partial charge in [-0.05, 0) is 24.8 Å². The van der Waals surface area contributed by atoms with Crippen LogP contribution in [0.4, 0.5) is 0 Å². The minimum absolute atomic E-state index is 0.0393. The molecule has 0 aliphatic carbocycles. The van der Waals surface area contributed by atoms with E-state index in [4.69, 9.17) is 9.84 Å². The number of carbonyl (C=O) groups is 2. The molecule has 0 fully saturated rings. The van der Waals surface area contributed by atoms with E-state index < -0.39 is 12.0 Å². The minimum atomic E-state index is -1.09. The zero-order valence-corrected chi connectivity index (χ0v) is 12.8. The maximum absolute atomic E-state index is 12.0. The molecule has 1 aromatic carbocycles. The highest BCUT2D eigenvalue weighted by Crippen LogP contribution is 2.23. The molecule has 0 saturated heterocycles. The Bertz CT molecular complexity index is 470. The number of amides is 1. The predicted molar refractivity (Wildman–Crippen MR) is 80.3 cm³/mol. The van der Waals surface area contributed by atoms with Gasteiger partial charge in [-0.25, -0.2) is 4.79 Å². The Kier molecular flexibility index (Phi) is 6.88. The van der Waals surface area contributed by atoms with Crippen LogP contribution in [0.2, 0.25) is 0 Å². The second-order valence-electron chi connectivity index (χ2n) is 5.13. The summed E-state index contributed by atoms with van der Waals surface area (Å²) in [6.07, 6.45) is 1.09. The molecule has 0 saturated carbocycles. The van der Waals surface area contributed by atoms with Crippen LogP contribution in [0.3, 0.4) is 0 Å². The second-order valence-corrected chi connectivity index (χ2v) is 5.13. The number of methoxy groups -OCH3 is 1. The monoisotopic (exact) mass is 293 g/mol. The number of nitrogens with one attached hydrogen (secondary N) is 1. The number of benzene rings is 1. The average Bonchev–Trinajstić information content (AvgIpc) is 2.45.